The molecule has 0 radical (unpaired) electrons. The topological polar surface area (TPSA) is 55.8 Å². The summed E-state index contributed by atoms with van der Waals surface area (Å²) in [5.41, 5.74) is -0.865. The minimum atomic E-state index is -4.77. The fourth-order valence-electron chi connectivity index (χ4n) is 3.43. The van der Waals surface area contributed by atoms with Crippen LogP contribution >= 0.6 is 0 Å². The number of ketones is 1. The number of Topliss-reactive ketones (excluding diaryl/α,β-unsaturated/α-hetero) is 1. The van der Waals surface area contributed by atoms with E-state index in [1.54, 1.807) is 0 Å². The maximum Gasteiger partial charge on any atom is 0.419 e. The van der Waals surface area contributed by atoms with Crippen LogP contribution in [0.4, 0.5) is 22.0 Å². The number of halogens is 5. The molecule has 164 valence electrons. The average Bonchev–Trinajstić information content (AvgIpc) is 2.65. The number of hydrogen-bond acceptors (Lipinski definition) is 4. The molecule has 1 amide bonds. The van der Waals surface area contributed by atoms with Gasteiger partial charge in [0.2, 0.25) is 0 Å². The number of benzene rings is 2. The molecule has 2 heterocycles. The van der Waals surface area contributed by atoms with E-state index in [4.69, 9.17) is 9.47 Å². The summed E-state index contributed by atoms with van der Waals surface area (Å²) < 4.78 is 76.4. The molecular formula is C21H16F5NO4. The molecule has 31 heavy (non-hydrogen) atoms. The normalized spacial score (nSPS) is 16.5. The van der Waals surface area contributed by atoms with E-state index in [9.17, 15) is 31.5 Å². The predicted octanol–water partition coefficient (Wildman–Crippen LogP) is 3.53. The predicted molar refractivity (Wildman–Crippen MR) is 96.5 cm³/mol. The highest BCUT2D eigenvalue weighted by atomic mass is 19.4. The third-order valence-corrected chi connectivity index (χ3v) is 5.12. The molecule has 4 rings (SSSR count). The van der Waals surface area contributed by atoms with E-state index >= 15 is 0 Å². The first-order chi connectivity index (χ1) is 14.6. The summed E-state index contributed by atoms with van der Waals surface area (Å²) in [6.07, 6.45) is -5.13. The SMILES string of the molecule is O=C1COc2cc(F)c(C(=O)N3CC(OCc4ccc(C(F)(F)F)c(F)c4)C3)cc2C1. The van der Waals surface area contributed by atoms with Crippen LogP contribution in [0.15, 0.2) is 30.3 Å². The highest BCUT2D eigenvalue weighted by Crippen LogP contribution is 2.32. The Labute approximate surface area is 173 Å². The van der Waals surface area contributed by atoms with Crippen LogP contribution in [0, 0.1) is 11.6 Å². The van der Waals surface area contributed by atoms with Gasteiger partial charge < -0.3 is 14.4 Å². The van der Waals surface area contributed by atoms with Crippen LogP contribution in [0.25, 0.3) is 0 Å². The van der Waals surface area contributed by atoms with Crippen LogP contribution in [-0.4, -0.2) is 42.4 Å². The maximum absolute atomic E-state index is 14.3. The zero-order valence-electron chi connectivity index (χ0n) is 16.0. The Morgan fingerprint density at radius 3 is 2.55 bits per heavy atom. The van der Waals surface area contributed by atoms with E-state index in [1.807, 2.05) is 0 Å². The van der Waals surface area contributed by atoms with Crippen molar-refractivity contribution in [1.82, 2.24) is 4.90 Å². The van der Waals surface area contributed by atoms with Crippen molar-refractivity contribution in [2.24, 2.45) is 0 Å². The van der Waals surface area contributed by atoms with Gasteiger partial charge in [0.15, 0.2) is 5.78 Å². The standard InChI is InChI=1S/C21H16F5NO4/c22-17-6-19-12(4-13(28)10-31-19)5-15(17)20(29)27-7-14(8-27)30-9-11-1-2-16(18(23)3-11)21(24,25)26/h1-3,5-6,14H,4,7-10H2. The molecule has 5 nitrogen and oxygen atoms in total. The van der Waals surface area contributed by atoms with Crippen molar-refractivity contribution in [3.05, 3.63) is 64.2 Å². The quantitative estimate of drug-likeness (QED) is 0.682. The zero-order valence-corrected chi connectivity index (χ0v) is 16.0. The van der Waals surface area contributed by atoms with Gasteiger partial charge in [0, 0.05) is 31.1 Å². The molecular weight excluding hydrogens is 425 g/mol. The second-order valence-corrected chi connectivity index (χ2v) is 7.40. The summed E-state index contributed by atoms with van der Waals surface area (Å²) in [5.74, 6) is -2.65. The first-order valence-corrected chi connectivity index (χ1v) is 9.35. The number of amides is 1. The minimum absolute atomic E-state index is 0.0608. The molecule has 1 fully saturated rings. The third kappa shape index (κ3) is 4.39. The van der Waals surface area contributed by atoms with E-state index < -0.39 is 35.4 Å². The van der Waals surface area contributed by atoms with Gasteiger partial charge in [-0.05, 0) is 23.8 Å². The Hall–Kier alpha value is -3.01. The lowest BCUT2D eigenvalue weighted by Crippen LogP contribution is -2.54. The Balaban J connectivity index is 1.34. The Bertz CT molecular complexity index is 1050. The fraction of sp³-hybridized carbons (Fsp3) is 0.333. The molecule has 2 aromatic rings. The van der Waals surface area contributed by atoms with Crippen molar-refractivity contribution in [2.45, 2.75) is 25.3 Å². The van der Waals surface area contributed by atoms with Crippen molar-refractivity contribution >= 4 is 11.7 Å². The van der Waals surface area contributed by atoms with Crippen molar-refractivity contribution in [1.29, 1.82) is 0 Å². The Kier molecular flexibility index (Phi) is 5.42. The van der Waals surface area contributed by atoms with Gasteiger partial charge in [-0.2, -0.15) is 13.2 Å². The average molecular weight is 441 g/mol. The van der Waals surface area contributed by atoms with Crippen LogP contribution in [0.1, 0.15) is 27.0 Å². The molecule has 0 unspecified atom stereocenters. The lowest BCUT2D eigenvalue weighted by Gasteiger charge is -2.39. The number of rotatable bonds is 4. The van der Waals surface area contributed by atoms with Gasteiger partial charge in [-0.1, -0.05) is 6.07 Å². The van der Waals surface area contributed by atoms with E-state index in [0.29, 0.717) is 11.6 Å². The lowest BCUT2D eigenvalue weighted by atomic mass is 10.0. The van der Waals surface area contributed by atoms with Crippen LogP contribution < -0.4 is 4.74 Å². The minimum Gasteiger partial charge on any atom is -0.485 e. The zero-order chi connectivity index (χ0) is 22.3. The van der Waals surface area contributed by atoms with Crippen LogP contribution in [0.2, 0.25) is 0 Å². The van der Waals surface area contributed by atoms with E-state index in [2.05, 4.69) is 0 Å². The number of ether oxygens (including phenoxy) is 2. The van der Waals surface area contributed by atoms with Gasteiger partial charge in [-0.3, -0.25) is 9.59 Å². The molecule has 2 aliphatic rings. The number of hydrogen-bond donors (Lipinski definition) is 0. The van der Waals surface area contributed by atoms with Crippen LogP contribution in [-0.2, 0) is 28.7 Å². The van der Waals surface area contributed by atoms with E-state index in [0.717, 1.165) is 18.2 Å². The fourth-order valence-corrected chi connectivity index (χ4v) is 3.43. The second-order valence-electron chi connectivity index (χ2n) is 7.40. The molecule has 0 spiro atoms. The van der Waals surface area contributed by atoms with Crippen molar-refractivity contribution < 1.29 is 41.0 Å². The summed E-state index contributed by atoms with van der Waals surface area (Å²) in [6, 6.07) is 4.93. The monoisotopic (exact) mass is 441 g/mol. The van der Waals surface area contributed by atoms with Gasteiger partial charge in [-0.25, -0.2) is 8.78 Å². The first-order valence-electron chi connectivity index (χ1n) is 9.35. The summed E-state index contributed by atoms with van der Waals surface area (Å²) in [7, 11) is 0. The number of carbonyl (C=O) groups excluding carboxylic acids is 2. The van der Waals surface area contributed by atoms with Crippen molar-refractivity contribution in [3.63, 3.8) is 0 Å². The molecule has 2 aliphatic heterocycles. The summed E-state index contributed by atoms with van der Waals surface area (Å²) in [4.78, 5) is 25.4. The van der Waals surface area contributed by atoms with Crippen molar-refractivity contribution in [3.8, 4) is 5.75 Å². The molecule has 10 heteroatoms. The Morgan fingerprint density at radius 2 is 1.87 bits per heavy atom. The van der Waals surface area contributed by atoms with Gasteiger partial charge in [-0.15, -0.1) is 0 Å². The molecule has 0 aromatic heterocycles. The van der Waals surface area contributed by atoms with E-state index in [-0.39, 0.29) is 55.4 Å². The summed E-state index contributed by atoms with van der Waals surface area (Å²) in [5, 5.41) is 0. The van der Waals surface area contributed by atoms with Crippen LogP contribution in [0.5, 0.6) is 5.75 Å². The molecule has 0 aliphatic carbocycles. The lowest BCUT2D eigenvalue weighted by molar-refractivity contribution is -0.140. The number of alkyl halides is 3. The molecule has 0 atom stereocenters. The smallest absolute Gasteiger partial charge is 0.419 e. The van der Waals surface area contributed by atoms with Gasteiger partial charge in [0.25, 0.3) is 5.91 Å². The first kappa shape index (κ1) is 21.2. The van der Waals surface area contributed by atoms with Gasteiger partial charge >= 0.3 is 6.18 Å². The van der Waals surface area contributed by atoms with Gasteiger partial charge in [0.05, 0.1) is 23.8 Å². The Morgan fingerprint density at radius 1 is 1.13 bits per heavy atom. The molecule has 1 saturated heterocycles. The molecule has 0 N–H and O–H groups in total. The van der Waals surface area contributed by atoms with E-state index in [1.165, 1.54) is 11.0 Å². The van der Waals surface area contributed by atoms with Gasteiger partial charge in [0.1, 0.15) is 24.0 Å². The maximum atomic E-state index is 14.3. The summed E-state index contributed by atoms with van der Waals surface area (Å²) >= 11 is 0. The molecule has 0 saturated carbocycles. The largest absolute Gasteiger partial charge is 0.485 e. The second kappa shape index (κ2) is 7.92. The third-order valence-electron chi connectivity index (χ3n) is 5.12. The van der Waals surface area contributed by atoms with Crippen molar-refractivity contribution in [2.75, 3.05) is 19.7 Å². The van der Waals surface area contributed by atoms with Crippen LogP contribution in [0.3, 0.4) is 0 Å². The molecule has 2 aromatic carbocycles. The highest BCUT2D eigenvalue weighted by Gasteiger charge is 2.35. The number of nitrogens with zero attached hydrogens (tertiary/aromatic N) is 1. The summed E-state index contributed by atoms with van der Waals surface area (Å²) in [6.45, 7) is 0.0317. The highest BCUT2D eigenvalue weighted by molar-refractivity contribution is 5.96. The molecule has 0 bridgehead atoms. The number of fused-ring (bicyclic) bond motifs is 1. The number of carbonyl (C=O) groups is 2. The number of likely N-dealkylation sites (tertiary alicyclic amines) is 1.